The van der Waals surface area contributed by atoms with Gasteiger partial charge in [-0.1, -0.05) is 166 Å². The molecular weight excluding hydrogens is 679 g/mol. The van der Waals surface area contributed by atoms with Crippen LogP contribution in [0.1, 0.15) is 52.8 Å². The largest absolute Gasteiger partial charge is 0.261 e. The fraction of sp³-hybridized carbons (Fsp3) is 0.113. The number of hydrogen-bond donors (Lipinski definition) is 0. The van der Waals surface area contributed by atoms with Crippen molar-refractivity contribution < 1.29 is 0 Å². The van der Waals surface area contributed by atoms with Crippen molar-refractivity contribution in [3.63, 3.8) is 0 Å². The molecule has 8 aromatic rings. The first-order chi connectivity index (χ1) is 27.3. The molecule has 8 aromatic carbocycles. The van der Waals surface area contributed by atoms with Crippen LogP contribution in [0.25, 0.3) is 54.9 Å². The van der Waals surface area contributed by atoms with Crippen LogP contribution in [0.15, 0.2) is 179 Å². The maximum Gasteiger partial charge on any atom is 0.161 e. The molecule has 0 bridgehead atoms. The molecule has 270 valence electrons. The number of amidine groups is 2. The molecule has 56 heavy (non-hydrogen) atoms. The third-order valence-electron chi connectivity index (χ3n) is 11.7. The highest BCUT2D eigenvalue weighted by molar-refractivity contribution is 6.13. The first-order valence-electron chi connectivity index (χ1n) is 19.3. The topological polar surface area (TPSA) is 37.1 Å². The summed E-state index contributed by atoms with van der Waals surface area (Å²) in [7, 11) is 0. The molecular formula is C53H43N3. The van der Waals surface area contributed by atoms with Crippen molar-refractivity contribution in [2.24, 2.45) is 15.0 Å². The Morgan fingerprint density at radius 3 is 2.09 bits per heavy atom. The number of aryl methyl sites for hydroxylation is 2. The molecule has 0 N–H and O–H groups in total. The van der Waals surface area contributed by atoms with Gasteiger partial charge < -0.3 is 0 Å². The lowest BCUT2D eigenvalue weighted by molar-refractivity contribution is 0.660. The molecule has 3 nitrogen and oxygen atoms in total. The molecule has 0 aliphatic heterocycles. The number of aliphatic imine (C=N–C) groups is 3. The molecule has 9 rings (SSSR count). The Kier molecular flexibility index (Phi) is 8.86. The van der Waals surface area contributed by atoms with E-state index in [1.54, 1.807) is 0 Å². The summed E-state index contributed by atoms with van der Waals surface area (Å²) in [4.78, 5) is 14.7. The summed E-state index contributed by atoms with van der Waals surface area (Å²) in [6.07, 6.45) is 0. The van der Waals surface area contributed by atoms with E-state index in [1.165, 1.54) is 71.6 Å². The van der Waals surface area contributed by atoms with Gasteiger partial charge in [-0.25, -0.2) is 9.98 Å². The van der Waals surface area contributed by atoms with Gasteiger partial charge in [0.05, 0.1) is 6.54 Å². The quantitative estimate of drug-likeness (QED) is 0.121. The molecule has 0 amide bonds. The van der Waals surface area contributed by atoms with E-state index in [2.05, 4.69) is 173 Å². The number of benzene rings is 8. The molecule has 0 saturated heterocycles. The summed E-state index contributed by atoms with van der Waals surface area (Å²) in [5.74, 6) is 1.16. The highest BCUT2D eigenvalue weighted by atomic mass is 15.0. The average Bonchev–Trinajstić information content (AvgIpc) is 3.47. The van der Waals surface area contributed by atoms with E-state index in [4.69, 9.17) is 9.98 Å². The van der Waals surface area contributed by atoms with Gasteiger partial charge in [0.2, 0.25) is 0 Å². The summed E-state index contributed by atoms with van der Waals surface area (Å²) in [5, 5.41) is 4.89. The minimum absolute atomic E-state index is 0.0418. The van der Waals surface area contributed by atoms with Gasteiger partial charge in [0.15, 0.2) is 11.7 Å². The molecule has 0 aromatic heterocycles. The molecule has 0 radical (unpaired) electrons. The normalized spacial score (nSPS) is 13.5. The lowest BCUT2D eigenvalue weighted by atomic mass is 9.82. The molecule has 1 aliphatic carbocycles. The van der Waals surface area contributed by atoms with Crippen LogP contribution < -0.4 is 0 Å². The third-order valence-corrected chi connectivity index (χ3v) is 11.7. The monoisotopic (exact) mass is 721 g/mol. The van der Waals surface area contributed by atoms with E-state index in [0.717, 1.165) is 22.3 Å². The zero-order valence-electron chi connectivity index (χ0n) is 32.3. The van der Waals surface area contributed by atoms with Crippen molar-refractivity contribution in [3.8, 4) is 33.4 Å². The van der Waals surface area contributed by atoms with Crippen LogP contribution in [0.5, 0.6) is 0 Å². The molecule has 0 fully saturated rings. The summed E-state index contributed by atoms with van der Waals surface area (Å²) < 4.78 is 0. The second kappa shape index (κ2) is 14.2. The molecule has 1 aliphatic rings. The van der Waals surface area contributed by atoms with Gasteiger partial charge in [0.1, 0.15) is 0 Å². The second-order valence-electron chi connectivity index (χ2n) is 15.3. The van der Waals surface area contributed by atoms with Gasteiger partial charge in [0.25, 0.3) is 0 Å². The van der Waals surface area contributed by atoms with Crippen molar-refractivity contribution in [1.29, 1.82) is 0 Å². The fourth-order valence-electron chi connectivity index (χ4n) is 8.71. The van der Waals surface area contributed by atoms with Crippen LogP contribution in [-0.2, 0) is 12.0 Å². The lowest BCUT2D eigenvalue weighted by Gasteiger charge is -2.21. The maximum atomic E-state index is 5.24. The molecule has 0 saturated carbocycles. The summed E-state index contributed by atoms with van der Waals surface area (Å²) >= 11 is 0. The van der Waals surface area contributed by atoms with Crippen molar-refractivity contribution >= 4 is 39.9 Å². The van der Waals surface area contributed by atoms with Crippen molar-refractivity contribution in [2.45, 2.75) is 39.7 Å². The number of hydrogen-bond acceptors (Lipinski definition) is 1. The van der Waals surface area contributed by atoms with E-state index in [9.17, 15) is 0 Å². The minimum Gasteiger partial charge on any atom is -0.261 e. The van der Waals surface area contributed by atoms with Crippen molar-refractivity contribution in [2.75, 3.05) is 0 Å². The van der Waals surface area contributed by atoms with Crippen LogP contribution in [-0.4, -0.2) is 18.4 Å². The summed E-state index contributed by atoms with van der Waals surface area (Å²) in [6.45, 7) is 13.4. The zero-order chi connectivity index (χ0) is 38.4. The smallest absolute Gasteiger partial charge is 0.161 e. The Bertz CT molecular complexity index is 2890. The Morgan fingerprint density at radius 2 is 1.25 bits per heavy atom. The molecule has 0 unspecified atom stereocenters. The van der Waals surface area contributed by atoms with Gasteiger partial charge in [-0.15, -0.1) is 0 Å². The maximum absolute atomic E-state index is 5.24. The molecule has 0 spiro atoms. The molecule has 0 heterocycles. The Morgan fingerprint density at radius 1 is 0.536 bits per heavy atom. The Labute approximate surface area is 329 Å². The van der Waals surface area contributed by atoms with Crippen molar-refractivity contribution in [3.05, 3.63) is 203 Å². The van der Waals surface area contributed by atoms with E-state index in [-0.39, 0.29) is 5.41 Å². The summed E-state index contributed by atoms with van der Waals surface area (Å²) in [5.41, 5.74) is 15.7. The first-order valence-corrected chi connectivity index (χ1v) is 19.3. The van der Waals surface area contributed by atoms with Crippen LogP contribution in [0.2, 0.25) is 0 Å². The lowest BCUT2D eigenvalue weighted by Crippen LogP contribution is -2.14. The zero-order valence-corrected chi connectivity index (χ0v) is 32.3. The number of nitrogens with zero attached hydrogens (tertiary/aromatic N) is 3. The highest BCUT2D eigenvalue weighted by Crippen LogP contribution is 2.52. The third kappa shape index (κ3) is 6.06. The standard InChI is InChI=1S/C53H43N3/c1-34-31-40(27-28-42(34)44-29-25-36-15-9-10-20-43(36)35(44)2)52(56-51(54-5)37-16-7-6-8-17-37)55-33-41-19-13-18-38-32-39(26-30-45(38)41)46-22-14-24-49-50(46)47-21-11-12-23-48(47)53(49,3)4/h6-32H,5,33H2,1-4H3/b55-52-,56-51-. The fourth-order valence-corrected chi connectivity index (χ4v) is 8.71. The summed E-state index contributed by atoms with van der Waals surface area (Å²) in [6, 6.07) is 58.5. The predicted molar refractivity (Wildman–Crippen MR) is 239 cm³/mol. The molecule has 0 atom stereocenters. The van der Waals surface area contributed by atoms with Crippen LogP contribution in [0.4, 0.5) is 0 Å². The van der Waals surface area contributed by atoms with Crippen LogP contribution in [0, 0.1) is 13.8 Å². The van der Waals surface area contributed by atoms with Gasteiger partial charge in [0, 0.05) is 16.5 Å². The predicted octanol–water partition coefficient (Wildman–Crippen LogP) is 13.3. The SMILES string of the molecule is C=N/C(=N\C(=N/Cc1cccc2cc(-c3cccc4c3-c3ccccc3C4(C)C)ccc12)c1ccc(-c2ccc3ccccc3c2C)c(C)c1)c1ccccc1. The Hall–Kier alpha value is -6.71. The van der Waals surface area contributed by atoms with E-state index in [0.29, 0.717) is 18.2 Å². The van der Waals surface area contributed by atoms with Gasteiger partial charge in [-0.2, -0.15) is 0 Å². The average molecular weight is 722 g/mol. The second-order valence-corrected chi connectivity index (χ2v) is 15.3. The van der Waals surface area contributed by atoms with E-state index >= 15 is 0 Å². The first kappa shape index (κ1) is 35.0. The van der Waals surface area contributed by atoms with Crippen molar-refractivity contribution in [1.82, 2.24) is 0 Å². The van der Waals surface area contributed by atoms with E-state index < -0.39 is 0 Å². The van der Waals surface area contributed by atoms with Gasteiger partial charge in [-0.3, -0.25) is 4.99 Å². The van der Waals surface area contributed by atoms with Crippen LogP contribution >= 0.6 is 0 Å². The van der Waals surface area contributed by atoms with E-state index in [1.807, 2.05) is 30.3 Å². The Balaban J connectivity index is 1.11. The highest BCUT2D eigenvalue weighted by Gasteiger charge is 2.36. The molecule has 3 heteroatoms. The minimum atomic E-state index is -0.0418. The van der Waals surface area contributed by atoms with Gasteiger partial charge in [-0.05, 0) is 115 Å². The number of rotatable bonds is 6. The number of fused-ring (bicyclic) bond motifs is 5. The van der Waals surface area contributed by atoms with Gasteiger partial charge >= 0.3 is 0 Å². The van der Waals surface area contributed by atoms with Crippen LogP contribution in [0.3, 0.4) is 0 Å².